The van der Waals surface area contributed by atoms with Crippen molar-refractivity contribution in [1.82, 2.24) is 4.57 Å². The van der Waals surface area contributed by atoms with Gasteiger partial charge in [-0.3, -0.25) is 9.36 Å². The van der Waals surface area contributed by atoms with Crippen molar-refractivity contribution in [2.45, 2.75) is 32.9 Å². The second-order valence-electron chi connectivity index (χ2n) is 8.16. The SMILES string of the molecule is CC1=C(C(=O)OC(C)C)C(c2ccc(Cl)cc2)n2c(sc(=Cc3ccc(N(C)C)o3)c2=O)=N1. The van der Waals surface area contributed by atoms with Crippen LogP contribution in [0.25, 0.3) is 6.08 Å². The maximum absolute atomic E-state index is 13.5. The molecule has 1 unspecified atom stereocenters. The number of carbonyl (C=O) groups excluding carboxylic acids is 1. The lowest BCUT2D eigenvalue weighted by molar-refractivity contribution is -0.143. The standard InChI is InChI=1S/C24H24ClN3O4S/c1-13(2)31-23(30)20-14(3)26-24-28(21(20)15-6-8-16(25)9-7-15)22(29)18(33-24)12-17-10-11-19(32-17)27(4)5/h6-13,21H,1-5H3. The maximum Gasteiger partial charge on any atom is 0.338 e. The van der Waals surface area contributed by atoms with Gasteiger partial charge in [-0.05, 0) is 44.5 Å². The van der Waals surface area contributed by atoms with Gasteiger partial charge in [0.1, 0.15) is 5.76 Å². The zero-order valence-electron chi connectivity index (χ0n) is 19.0. The number of thiazole rings is 1. The number of hydrogen-bond donors (Lipinski definition) is 0. The first-order chi connectivity index (χ1) is 15.7. The van der Waals surface area contributed by atoms with E-state index in [1.54, 1.807) is 61.7 Å². The molecule has 3 aromatic rings. The first kappa shape index (κ1) is 23.1. The summed E-state index contributed by atoms with van der Waals surface area (Å²) in [5, 5.41) is 0.563. The number of anilines is 1. The Kier molecular flexibility index (Phi) is 6.32. The lowest BCUT2D eigenvalue weighted by Gasteiger charge is -2.25. The molecule has 1 aliphatic heterocycles. The van der Waals surface area contributed by atoms with Gasteiger partial charge in [-0.25, -0.2) is 9.79 Å². The van der Waals surface area contributed by atoms with Crippen molar-refractivity contribution in [2.24, 2.45) is 4.99 Å². The van der Waals surface area contributed by atoms with Gasteiger partial charge in [0.2, 0.25) is 0 Å². The smallest absolute Gasteiger partial charge is 0.338 e. The van der Waals surface area contributed by atoms with Gasteiger partial charge >= 0.3 is 5.97 Å². The fourth-order valence-electron chi connectivity index (χ4n) is 3.61. The zero-order chi connectivity index (χ0) is 23.9. The zero-order valence-corrected chi connectivity index (χ0v) is 20.5. The summed E-state index contributed by atoms with van der Waals surface area (Å²) in [6.07, 6.45) is 1.39. The molecule has 9 heteroatoms. The van der Waals surface area contributed by atoms with Gasteiger partial charge in [0.15, 0.2) is 10.7 Å². The number of benzene rings is 1. The average Bonchev–Trinajstić information content (AvgIpc) is 3.32. The summed E-state index contributed by atoms with van der Waals surface area (Å²) in [6.45, 7) is 5.32. The average molecular weight is 486 g/mol. The van der Waals surface area contributed by atoms with Gasteiger partial charge in [0.05, 0.1) is 27.9 Å². The molecule has 1 aliphatic rings. The molecule has 0 amide bonds. The third kappa shape index (κ3) is 4.54. The van der Waals surface area contributed by atoms with Crippen LogP contribution < -0.4 is 19.8 Å². The molecule has 1 atom stereocenters. The Morgan fingerprint density at radius 1 is 1.24 bits per heavy atom. The van der Waals surface area contributed by atoms with Crippen LogP contribution in [-0.4, -0.2) is 30.7 Å². The molecular formula is C24H24ClN3O4S. The van der Waals surface area contributed by atoms with Crippen molar-refractivity contribution in [1.29, 1.82) is 0 Å². The molecule has 7 nitrogen and oxygen atoms in total. The normalized spacial score (nSPS) is 16.1. The lowest BCUT2D eigenvalue weighted by Crippen LogP contribution is -2.40. The van der Waals surface area contributed by atoms with Crippen molar-refractivity contribution in [3.8, 4) is 0 Å². The summed E-state index contributed by atoms with van der Waals surface area (Å²) in [5.41, 5.74) is 1.33. The van der Waals surface area contributed by atoms with Crippen LogP contribution in [0.1, 0.15) is 38.1 Å². The van der Waals surface area contributed by atoms with Crippen LogP contribution in [0.3, 0.4) is 0 Å². The first-order valence-corrected chi connectivity index (χ1v) is 11.6. The number of hydrogen-bond acceptors (Lipinski definition) is 7. The van der Waals surface area contributed by atoms with E-state index in [0.717, 1.165) is 5.56 Å². The van der Waals surface area contributed by atoms with E-state index < -0.39 is 12.0 Å². The molecule has 0 bridgehead atoms. The number of aromatic nitrogens is 1. The maximum atomic E-state index is 13.5. The molecule has 0 fully saturated rings. The quantitative estimate of drug-likeness (QED) is 0.517. The van der Waals surface area contributed by atoms with Crippen molar-refractivity contribution in [3.63, 3.8) is 0 Å². The first-order valence-electron chi connectivity index (χ1n) is 10.4. The number of esters is 1. The summed E-state index contributed by atoms with van der Waals surface area (Å²) in [6, 6.07) is 10.0. The van der Waals surface area contributed by atoms with Gasteiger partial charge in [-0.1, -0.05) is 35.1 Å². The molecule has 172 valence electrons. The van der Waals surface area contributed by atoms with E-state index in [9.17, 15) is 9.59 Å². The van der Waals surface area contributed by atoms with E-state index in [4.69, 9.17) is 20.8 Å². The summed E-state index contributed by atoms with van der Waals surface area (Å²) in [5.74, 6) is 0.743. The molecule has 0 N–H and O–H groups in total. The van der Waals surface area contributed by atoms with Gasteiger partial charge in [-0.2, -0.15) is 0 Å². The topological polar surface area (TPSA) is 77.0 Å². The summed E-state index contributed by atoms with van der Waals surface area (Å²) >= 11 is 7.34. The van der Waals surface area contributed by atoms with E-state index in [1.807, 2.05) is 25.1 Å². The highest BCUT2D eigenvalue weighted by atomic mass is 35.5. The third-order valence-corrected chi connectivity index (χ3v) is 6.33. The highest BCUT2D eigenvalue weighted by Crippen LogP contribution is 2.31. The van der Waals surface area contributed by atoms with Crippen LogP contribution >= 0.6 is 22.9 Å². The van der Waals surface area contributed by atoms with Crippen LogP contribution in [0.15, 0.2) is 61.9 Å². The Morgan fingerprint density at radius 3 is 2.55 bits per heavy atom. The number of rotatable bonds is 5. The van der Waals surface area contributed by atoms with Crippen LogP contribution in [0.5, 0.6) is 0 Å². The van der Waals surface area contributed by atoms with E-state index >= 15 is 0 Å². The minimum atomic E-state index is -0.680. The highest BCUT2D eigenvalue weighted by Gasteiger charge is 2.33. The number of ether oxygens (including phenoxy) is 1. The van der Waals surface area contributed by atoms with E-state index in [-0.39, 0.29) is 11.7 Å². The number of nitrogens with zero attached hydrogens (tertiary/aromatic N) is 3. The highest BCUT2D eigenvalue weighted by molar-refractivity contribution is 7.07. The summed E-state index contributed by atoms with van der Waals surface area (Å²) < 4.78 is 13.3. The number of carbonyl (C=O) groups is 1. The van der Waals surface area contributed by atoms with E-state index in [1.165, 1.54) is 11.3 Å². The molecule has 2 aromatic heterocycles. The van der Waals surface area contributed by atoms with Crippen molar-refractivity contribution < 1.29 is 13.9 Å². The minimum Gasteiger partial charge on any atom is -0.459 e. The Hall–Kier alpha value is -3.10. The molecule has 4 rings (SSSR count). The predicted octanol–water partition coefficient (Wildman–Crippen LogP) is 3.50. The third-order valence-electron chi connectivity index (χ3n) is 5.10. The van der Waals surface area contributed by atoms with Crippen LogP contribution in [0.4, 0.5) is 5.88 Å². The number of fused-ring (bicyclic) bond motifs is 1. The fraction of sp³-hybridized carbons (Fsp3) is 0.292. The minimum absolute atomic E-state index is 0.260. The Labute approximate surface area is 199 Å². The second-order valence-corrected chi connectivity index (χ2v) is 9.60. The number of allylic oxidation sites excluding steroid dienone is 1. The van der Waals surface area contributed by atoms with Gasteiger partial charge in [0.25, 0.3) is 5.56 Å². The molecule has 0 aliphatic carbocycles. The van der Waals surface area contributed by atoms with E-state index in [0.29, 0.717) is 37.3 Å². The van der Waals surface area contributed by atoms with E-state index in [2.05, 4.69) is 4.99 Å². The molecule has 33 heavy (non-hydrogen) atoms. The van der Waals surface area contributed by atoms with Crippen molar-refractivity contribution >= 4 is 40.9 Å². The molecule has 1 aromatic carbocycles. The molecular weight excluding hydrogens is 462 g/mol. The van der Waals surface area contributed by atoms with Gasteiger partial charge in [0, 0.05) is 31.3 Å². The monoisotopic (exact) mass is 485 g/mol. The Morgan fingerprint density at radius 2 is 1.94 bits per heavy atom. The van der Waals surface area contributed by atoms with Crippen LogP contribution in [0.2, 0.25) is 5.02 Å². The second kappa shape index (κ2) is 9.03. The van der Waals surface area contributed by atoms with Crippen LogP contribution in [-0.2, 0) is 9.53 Å². The largest absolute Gasteiger partial charge is 0.459 e. The van der Waals surface area contributed by atoms with Crippen LogP contribution in [0, 0.1) is 0 Å². The fourth-order valence-corrected chi connectivity index (χ4v) is 4.76. The lowest BCUT2D eigenvalue weighted by atomic mass is 9.96. The molecule has 0 saturated carbocycles. The molecule has 0 radical (unpaired) electrons. The Bertz CT molecular complexity index is 1410. The molecule has 0 spiro atoms. The van der Waals surface area contributed by atoms with Crippen molar-refractivity contribution in [3.05, 3.63) is 83.7 Å². The van der Waals surface area contributed by atoms with Crippen molar-refractivity contribution in [2.75, 3.05) is 19.0 Å². The molecule has 3 heterocycles. The number of halogens is 1. The summed E-state index contributed by atoms with van der Waals surface area (Å²) in [7, 11) is 3.76. The number of furan rings is 1. The van der Waals surface area contributed by atoms with Gasteiger partial charge < -0.3 is 14.1 Å². The summed E-state index contributed by atoms with van der Waals surface area (Å²) in [4.78, 5) is 33.5. The Balaban J connectivity index is 1.91. The molecule has 0 saturated heterocycles. The predicted molar refractivity (Wildman–Crippen MR) is 129 cm³/mol. The van der Waals surface area contributed by atoms with Gasteiger partial charge in [-0.15, -0.1) is 0 Å².